The minimum absolute atomic E-state index is 0.118. The minimum Gasteiger partial charge on any atom is -0.467 e. The highest BCUT2D eigenvalue weighted by molar-refractivity contribution is 7.71. The molecule has 0 aliphatic heterocycles. The molecule has 1 N–H and O–H groups in total. The van der Waals surface area contributed by atoms with Crippen LogP contribution in [0.5, 0.6) is 0 Å². The van der Waals surface area contributed by atoms with E-state index in [1.54, 1.807) is 25.3 Å². The first-order chi connectivity index (χ1) is 7.16. The fraction of sp³-hybridized carbons (Fsp3) is 0.200. The van der Waals surface area contributed by atoms with Crippen LogP contribution in [0.2, 0.25) is 0 Å². The van der Waals surface area contributed by atoms with Gasteiger partial charge < -0.3 is 9.40 Å². The van der Waals surface area contributed by atoms with E-state index in [0.29, 0.717) is 17.1 Å². The molecular formula is C10H10N2O2S. The molecule has 2 rings (SSSR count). The molecule has 0 atom stereocenters. The van der Waals surface area contributed by atoms with Gasteiger partial charge in [0, 0.05) is 11.8 Å². The number of aromatic amines is 1. The summed E-state index contributed by atoms with van der Waals surface area (Å²) in [6.07, 6.45) is 1.57. The molecule has 2 heterocycles. The first-order valence-electron chi connectivity index (χ1n) is 4.50. The van der Waals surface area contributed by atoms with Gasteiger partial charge in [-0.15, -0.1) is 0 Å². The van der Waals surface area contributed by atoms with Crippen LogP contribution in [0.3, 0.4) is 0 Å². The van der Waals surface area contributed by atoms with Gasteiger partial charge in [-0.3, -0.25) is 9.36 Å². The highest BCUT2D eigenvalue weighted by Crippen LogP contribution is 2.02. The smallest absolute Gasteiger partial charge is 0.254 e. The average Bonchev–Trinajstić information content (AvgIpc) is 2.63. The summed E-state index contributed by atoms with van der Waals surface area (Å²) in [4.78, 5) is 14.5. The molecule has 0 spiro atoms. The fourth-order valence-corrected chi connectivity index (χ4v) is 1.66. The molecule has 0 radical (unpaired) electrons. The second-order valence-electron chi connectivity index (χ2n) is 3.26. The van der Waals surface area contributed by atoms with Crippen molar-refractivity contribution < 1.29 is 4.42 Å². The van der Waals surface area contributed by atoms with Gasteiger partial charge in [0.25, 0.3) is 5.56 Å². The second-order valence-corrected chi connectivity index (χ2v) is 3.65. The Morgan fingerprint density at radius 3 is 3.00 bits per heavy atom. The van der Waals surface area contributed by atoms with Gasteiger partial charge in [-0.05, 0) is 31.3 Å². The van der Waals surface area contributed by atoms with E-state index in [1.807, 2.05) is 0 Å². The monoisotopic (exact) mass is 222 g/mol. The van der Waals surface area contributed by atoms with Crippen molar-refractivity contribution in [2.24, 2.45) is 0 Å². The maximum Gasteiger partial charge on any atom is 0.254 e. The molecule has 2 aromatic heterocycles. The maximum atomic E-state index is 11.6. The molecule has 5 heteroatoms. The Bertz CT molecular complexity index is 535. The minimum atomic E-state index is -0.118. The molecule has 0 fully saturated rings. The van der Waals surface area contributed by atoms with Crippen LogP contribution in [-0.4, -0.2) is 9.55 Å². The number of nitrogens with zero attached hydrogens (tertiary/aromatic N) is 1. The summed E-state index contributed by atoms with van der Waals surface area (Å²) in [5, 5.41) is 0. The number of furan rings is 1. The Hall–Kier alpha value is -1.62. The highest BCUT2D eigenvalue weighted by atomic mass is 32.1. The number of H-pyrrole nitrogens is 1. The zero-order valence-corrected chi connectivity index (χ0v) is 9.00. The lowest BCUT2D eigenvalue weighted by atomic mass is 10.4. The Morgan fingerprint density at radius 1 is 1.60 bits per heavy atom. The van der Waals surface area contributed by atoms with Gasteiger partial charge in [-0.25, -0.2) is 0 Å². The van der Waals surface area contributed by atoms with E-state index < -0.39 is 0 Å². The zero-order chi connectivity index (χ0) is 10.8. The summed E-state index contributed by atoms with van der Waals surface area (Å²) >= 11 is 5.07. The van der Waals surface area contributed by atoms with Gasteiger partial charge in [0.05, 0.1) is 12.8 Å². The van der Waals surface area contributed by atoms with Crippen molar-refractivity contribution in [3.05, 3.63) is 51.0 Å². The second kappa shape index (κ2) is 3.86. The number of nitrogens with one attached hydrogen (secondary N) is 1. The topological polar surface area (TPSA) is 50.9 Å². The van der Waals surface area contributed by atoms with Crippen molar-refractivity contribution in [2.45, 2.75) is 13.5 Å². The van der Waals surface area contributed by atoms with Crippen LogP contribution in [0.15, 0.2) is 33.7 Å². The molecule has 0 amide bonds. The van der Waals surface area contributed by atoms with Crippen LogP contribution >= 0.6 is 12.2 Å². The summed E-state index contributed by atoms with van der Waals surface area (Å²) in [5.41, 5.74) is 0.647. The molecule has 0 saturated heterocycles. The Kier molecular flexibility index (Phi) is 2.55. The SMILES string of the molecule is Cc1cc(=O)n(Cc2ccco2)c(=S)[nH]1. The molecule has 0 aliphatic carbocycles. The van der Waals surface area contributed by atoms with Crippen molar-refractivity contribution in [3.8, 4) is 0 Å². The lowest BCUT2D eigenvalue weighted by Crippen LogP contribution is -2.22. The molecule has 15 heavy (non-hydrogen) atoms. The predicted octanol–water partition coefficient (Wildman–Crippen LogP) is 1.86. The van der Waals surface area contributed by atoms with Crippen molar-refractivity contribution in [1.29, 1.82) is 0 Å². The standard InChI is InChI=1S/C10H10N2O2S/c1-7-5-9(13)12(10(15)11-7)6-8-3-2-4-14-8/h2-5H,6H2,1H3,(H,11,15). The van der Waals surface area contributed by atoms with Gasteiger partial charge in [-0.2, -0.15) is 0 Å². The van der Waals surface area contributed by atoms with E-state index in [4.69, 9.17) is 16.6 Å². The number of hydrogen-bond acceptors (Lipinski definition) is 3. The van der Waals surface area contributed by atoms with Crippen LogP contribution < -0.4 is 5.56 Å². The lowest BCUT2D eigenvalue weighted by Gasteiger charge is -2.03. The van der Waals surface area contributed by atoms with Crippen LogP contribution in [0.25, 0.3) is 0 Å². The third-order valence-electron chi connectivity index (χ3n) is 2.05. The average molecular weight is 222 g/mol. The van der Waals surface area contributed by atoms with E-state index in [1.165, 1.54) is 10.6 Å². The number of hydrogen-bond donors (Lipinski definition) is 1. The van der Waals surface area contributed by atoms with Crippen molar-refractivity contribution in [1.82, 2.24) is 9.55 Å². The Morgan fingerprint density at radius 2 is 2.40 bits per heavy atom. The number of rotatable bonds is 2. The maximum absolute atomic E-state index is 11.6. The lowest BCUT2D eigenvalue weighted by molar-refractivity contribution is 0.486. The van der Waals surface area contributed by atoms with Crippen LogP contribution in [0.4, 0.5) is 0 Å². The molecule has 0 saturated carbocycles. The Labute approximate surface area is 91.2 Å². The Balaban J connectivity index is 2.46. The van der Waals surface area contributed by atoms with Crippen molar-refractivity contribution in [2.75, 3.05) is 0 Å². The first-order valence-corrected chi connectivity index (χ1v) is 4.91. The molecule has 0 unspecified atom stereocenters. The van der Waals surface area contributed by atoms with E-state index in [9.17, 15) is 4.79 Å². The van der Waals surface area contributed by atoms with E-state index in [2.05, 4.69) is 4.98 Å². The summed E-state index contributed by atoms with van der Waals surface area (Å²) in [7, 11) is 0. The summed E-state index contributed by atoms with van der Waals surface area (Å²) in [6.45, 7) is 2.16. The number of aromatic nitrogens is 2. The quantitative estimate of drug-likeness (QED) is 0.789. The third kappa shape index (κ3) is 2.07. The van der Waals surface area contributed by atoms with Gasteiger partial charge in [0.1, 0.15) is 5.76 Å². The van der Waals surface area contributed by atoms with E-state index in [-0.39, 0.29) is 5.56 Å². The van der Waals surface area contributed by atoms with Gasteiger partial charge in [0.15, 0.2) is 4.77 Å². The third-order valence-corrected chi connectivity index (χ3v) is 2.37. The van der Waals surface area contributed by atoms with Crippen LogP contribution in [0, 0.1) is 11.7 Å². The summed E-state index contributed by atoms with van der Waals surface area (Å²) in [5.74, 6) is 0.709. The zero-order valence-electron chi connectivity index (χ0n) is 8.19. The highest BCUT2D eigenvalue weighted by Gasteiger charge is 2.02. The van der Waals surface area contributed by atoms with Crippen LogP contribution in [0.1, 0.15) is 11.5 Å². The molecule has 0 aromatic carbocycles. The molecule has 0 bridgehead atoms. The molecule has 0 aliphatic rings. The van der Waals surface area contributed by atoms with Gasteiger partial charge >= 0.3 is 0 Å². The largest absolute Gasteiger partial charge is 0.467 e. The molecular weight excluding hydrogens is 212 g/mol. The summed E-state index contributed by atoms with van der Waals surface area (Å²) < 4.78 is 7.03. The van der Waals surface area contributed by atoms with E-state index >= 15 is 0 Å². The predicted molar refractivity (Wildman–Crippen MR) is 58.4 cm³/mol. The van der Waals surface area contributed by atoms with Gasteiger partial charge in [0.2, 0.25) is 0 Å². The molecule has 78 valence electrons. The van der Waals surface area contributed by atoms with E-state index in [0.717, 1.165) is 5.69 Å². The molecule has 2 aromatic rings. The normalized spacial score (nSPS) is 10.5. The first kappa shape index (κ1) is 9.92. The van der Waals surface area contributed by atoms with Crippen molar-refractivity contribution in [3.63, 3.8) is 0 Å². The molecule has 4 nitrogen and oxygen atoms in total. The fourth-order valence-electron chi connectivity index (χ4n) is 1.34. The van der Waals surface area contributed by atoms with Crippen LogP contribution in [-0.2, 0) is 6.54 Å². The number of aryl methyl sites for hydroxylation is 1. The van der Waals surface area contributed by atoms with Gasteiger partial charge in [-0.1, -0.05) is 0 Å². The summed E-state index contributed by atoms with van der Waals surface area (Å²) in [6, 6.07) is 5.10. The van der Waals surface area contributed by atoms with Crippen molar-refractivity contribution >= 4 is 12.2 Å².